The number of unbranched alkanes of at least 4 members (excludes halogenated alkanes) is 4. The van der Waals surface area contributed by atoms with Gasteiger partial charge >= 0.3 is 0 Å². The fourth-order valence-corrected chi connectivity index (χ4v) is 2.33. The SMILES string of the molecule is CCCCCCCOc1ccc2nc(C(C)CO)ncc2c1. The summed E-state index contributed by atoms with van der Waals surface area (Å²) in [6.07, 6.45) is 7.99. The number of rotatable bonds is 9. The molecular formula is C18H26N2O2. The van der Waals surface area contributed by atoms with Gasteiger partial charge in [-0.25, -0.2) is 9.97 Å². The van der Waals surface area contributed by atoms with Crippen molar-refractivity contribution in [3.8, 4) is 5.75 Å². The average Bonchev–Trinajstić information content (AvgIpc) is 2.56. The number of fused-ring (bicyclic) bond motifs is 1. The molecule has 1 N–H and O–H groups in total. The quantitative estimate of drug-likeness (QED) is 0.709. The van der Waals surface area contributed by atoms with E-state index in [0.717, 1.165) is 29.7 Å². The third-order valence-electron chi connectivity index (χ3n) is 3.80. The van der Waals surface area contributed by atoms with E-state index in [1.807, 2.05) is 25.1 Å². The topological polar surface area (TPSA) is 55.2 Å². The van der Waals surface area contributed by atoms with E-state index in [4.69, 9.17) is 4.74 Å². The Morgan fingerprint density at radius 1 is 1.18 bits per heavy atom. The van der Waals surface area contributed by atoms with Crippen LogP contribution in [0.1, 0.15) is 57.7 Å². The molecule has 1 heterocycles. The van der Waals surface area contributed by atoms with Crippen LogP contribution in [0.15, 0.2) is 24.4 Å². The van der Waals surface area contributed by atoms with Crippen molar-refractivity contribution < 1.29 is 9.84 Å². The second kappa shape index (κ2) is 8.69. The zero-order valence-corrected chi connectivity index (χ0v) is 13.6. The number of aliphatic hydroxyl groups excluding tert-OH is 1. The molecule has 120 valence electrons. The van der Waals surface area contributed by atoms with Crippen LogP contribution >= 0.6 is 0 Å². The highest BCUT2D eigenvalue weighted by Crippen LogP contribution is 2.21. The van der Waals surface area contributed by atoms with Crippen LogP contribution in [-0.2, 0) is 0 Å². The van der Waals surface area contributed by atoms with Gasteiger partial charge in [-0.05, 0) is 24.6 Å². The minimum atomic E-state index is -0.0385. The Morgan fingerprint density at radius 3 is 2.77 bits per heavy atom. The molecule has 0 bridgehead atoms. The summed E-state index contributed by atoms with van der Waals surface area (Å²) in [5.74, 6) is 1.51. The Bertz CT molecular complexity index is 586. The van der Waals surface area contributed by atoms with Gasteiger partial charge in [0.15, 0.2) is 0 Å². The number of ether oxygens (including phenoxy) is 1. The van der Waals surface area contributed by atoms with Crippen LogP contribution in [0.4, 0.5) is 0 Å². The fourth-order valence-electron chi connectivity index (χ4n) is 2.33. The Morgan fingerprint density at radius 2 is 2.00 bits per heavy atom. The lowest BCUT2D eigenvalue weighted by Crippen LogP contribution is -2.04. The number of hydrogen-bond donors (Lipinski definition) is 1. The van der Waals surface area contributed by atoms with E-state index in [0.29, 0.717) is 5.82 Å². The molecule has 2 aromatic rings. The van der Waals surface area contributed by atoms with Crippen molar-refractivity contribution in [2.24, 2.45) is 0 Å². The zero-order chi connectivity index (χ0) is 15.8. The van der Waals surface area contributed by atoms with Gasteiger partial charge in [0.2, 0.25) is 0 Å². The molecule has 0 aliphatic rings. The predicted octanol–water partition coefficient (Wildman–Crippen LogP) is 4.07. The van der Waals surface area contributed by atoms with Gasteiger partial charge in [0.05, 0.1) is 18.7 Å². The van der Waals surface area contributed by atoms with Gasteiger partial charge in [-0.2, -0.15) is 0 Å². The van der Waals surface area contributed by atoms with Crippen molar-refractivity contribution in [2.75, 3.05) is 13.2 Å². The van der Waals surface area contributed by atoms with Crippen LogP contribution in [-0.4, -0.2) is 28.3 Å². The molecule has 0 amide bonds. The van der Waals surface area contributed by atoms with Crippen LogP contribution in [0.2, 0.25) is 0 Å². The Kier molecular flexibility index (Phi) is 6.59. The minimum Gasteiger partial charge on any atom is -0.494 e. The third-order valence-corrected chi connectivity index (χ3v) is 3.80. The van der Waals surface area contributed by atoms with Crippen molar-refractivity contribution in [3.63, 3.8) is 0 Å². The molecule has 0 radical (unpaired) electrons. The first-order chi connectivity index (χ1) is 10.7. The van der Waals surface area contributed by atoms with E-state index in [2.05, 4.69) is 16.9 Å². The van der Waals surface area contributed by atoms with Crippen molar-refractivity contribution in [1.82, 2.24) is 9.97 Å². The summed E-state index contributed by atoms with van der Waals surface area (Å²) in [4.78, 5) is 8.81. The van der Waals surface area contributed by atoms with E-state index in [1.54, 1.807) is 6.20 Å². The van der Waals surface area contributed by atoms with E-state index in [9.17, 15) is 5.11 Å². The Hall–Kier alpha value is -1.68. The van der Waals surface area contributed by atoms with E-state index in [1.165, 1.54) is 25.7 Å². The van der Waals surface area contributed by atoms with Crippen molar-refractivity contribution >= 4 is 10.9 Å². The molecule has 0 spiro atoms. The first-order valence-electron chi connectivity index (χ1n) is 8.25. The standard InChI is InChI=1S/C18H26N2O2/c1-3-4-5-6-7-10-22-16-8-9-17-15(11-16)12-19-18(20-17)14(2)13-21/h8-9,11-12,14,21H,3-7,10,13H2,1-2H3. The molecule has 1 atom stereocenters. The molecule has 22 heavy (non-hydrogen) atoms. The molecule has 0 saturated carbocycles. The molecule has 4 nitrogen and oxygen atoms in total. The monoisotopic (exact) mass is 302 g/mol. The van der Waals surface area contributed by atoms with E-state index >= 15 is 0 Å². The molecule has 1 aromatic carbocycles. The molecule has 0 saturated heterocycles. The van der Waals surface area contributed by atoms with E-state index in [-0.39, 0.29) is 12.5 Å². The number of aromatic nitrogens is 2. The van der Waals surface area contributed by atoms with Crippen LogP contribution in [0.5, 0.6) is 5.75 Å². The summed E-state index contributed by atoms with van der Waals surface area (Å²) < 4.78 is 5.80. The number of aliphatic hydroxyl groups is 1. The molecule has 0 fully saturated rings. The highest BCUT2D eigenvalue weighted by Gasteiger charge is 2.08. The molecular weight excluding hydrogens is 276 g/mol. The largest absolute Gasteiger partial charge is 0.494 e. The van der Waals surface area contributed by atoms with Gasteiger partial charge in [-0.15, -0.1) is 0 Å². The molecule has 4 heteroatoms. The smallest absolute Gasteiger partial charge is 0.134 e. The van der Waals surface area contributed by atoms with Crippen molar-refractivity contribution in [2.45, 2.75) is 51.9 Å². The van der Waals surface area contributed by atoms with Gasteiger partial charge in [-0.3, -0.25) is 0 Å². The summed E-state index contributed by atoms with van der Waals surface area (Å²) >= 11 is 0. The number of nitrogens with zero attached hydrogens (tertiary/aromatic N) is 2. The summed E-state index contributed by atoms with van der Waals surface area (Å²) in [5.41, 5.74) is 0.889. The fraction of sp³-hybridized carbons (Fsp3) is 0.556. The van der Waals surface area contributed by atoms with Crippen LogP contribution in [0.3, 0.4) is 0 Å². The highest BCUT2D eigenvalue weighted by atomic mass is 16.5. The zero-order valence-electron chi connectivity index (χ0n) is 13.6. The van der Waals surface area contributed by atoms with Gasteiger partial charge in [-0.1, -0.05) is 39.5 Å². The third kappa shape index (κ3) is 4.67. The van der Waals surface area contributed by atoms with Crippen LogP contribution in [0.25, 0.3) is 10.9 Å². The van der Waals surface area contributed by atoms with Gasteiger partial charge in [0.1, 0.15) is 11.6 Å². The minimum absolute atomic E-state index is 0.0385. The predicted molar refractivity (Wildman–Crippen MR) is 89.3 cm³/mol. The van der Waals surface area contributed by atoms with Gasteiger partial charge < -0.3 is 9.84 Å². The maximum atomic E-state index is 9.18. The van der Waals surface area contributed by atoms with Crippen LogP contribution in [0, 0.1) is 0 Å². The lowest BCUT2D eigenvalue weighted by Gasteiger charge is -2.09. The molecule has 2 rings (SSSR count). The van der Waals surface area contributed by atoms with Crippen LogP contribution < -0.4 is 4.74 Å². The summed E-state index contributed by atoms with van der Waals surface area (Å²) in [5, 5.41) is 10.1. The molecule has 0 aliphatic carbocycles. The van der Waals surface area contributed by atoms with Crippen molar-refractivity contribution in [1.29, 1.82) is 0 Å². The average molecular weight is 302 g/mol. The summed E-state index contributed by atoms with van der Waals surface area (Å²) in [6, 6.07) is 5.89. The van der Waals surface area contributed by atoms with E-state index < -0.39 is 0 Å². The van der Waals surface area contributed by atoms with Gasteiger partial charge in [0.25, 0.3) is 0 Å². The first-order valence-corrected chi connectivity index (χ1v) is 8.25. The maximum absolute atomic E-state index is 9.18. The molecule has 1 unspecified atom stereocenters. The summed E-state index contributed by atoms with van der Waals surface area (Å²) in [7, 11) is 0. The second-order valence-electron chi connectivity index (χ2n) is 5.80. The molecule has 0 aliphatic heterocycles. The normalized spacial score (nSPS) is 12.5. The number of benzene rings is 1. The maximum Gasteiger partial charge on any atom is 0.134 e. The van der Waals surface area contributed by atoms with Crippen molar-refractivity contribution in [3.05, 3.63) is 30.2 Å². The first kappa shape index (κ1) is 16.7. The van der Waals surface area contributed by atoms with Gasteiger partial charge in [0, 0.05) is 17.5 Å². The Balaban J connectivity index is 1.93. The molecule has 1 aromatic heterocycles. The highest BCUT2D eigenvalue weighted by molar-refractivity contribution is 5.79. The number of hydrogen-bond acceptors (Lipinski definition) is 4. The summed E-state index contributed by atoms with van der Waals surface area (Å²) in [6.45, 7) is 4.96. The lowest BCUT2D eigenvalue weighted by molar-refractivity contribution is 0.269. The lowest BCUT2D eigenvalue weighted by atomic mass is 10.1. The Labute approximate surface area is 132 Å². The second-order valence-corrected chi connectivity index (χ2v) is 5.80.